The zero-order chi connectivity index (χ0) is 10.1. The van der Waals surface area contributed by atoms with E-state index in [0.717, 1.165) is 6.07 Å². The van der Waals surface area contributed by atoms with Gasteiger partial charge in [0.1, 0.15) is 5.82 Å². The summed E-state index contributed by atoms with van der Waals surface area (Å²) in [6.07, 6.45) is 0. The number of benzene rings is 1. The minimum Gasteiger partial charge on any atom is -0.377 e. The highest BCUT2D eigenvalue weighted by molar-refractivity contribution is 5.46. The Morgan fingerprint density at radius 1 is 1.21 bits per heavy atom. The molecular weight excluding hydrogens is 195 g/mol. The van der Waals surface area contributed by atoms with E-state index in [4.69, 9.17) is 4.74 Å². The zero-order valence-corrected chi connectivity index (χ0v) is 7.19. The van der Waals surface area contributed by atoms with E-state index in [0.29, 0.717) is 19.3 Å². The van der Waals surface area contributed by atoms with Crippen molar-refractivity contribution in [1.82, 2.24) is 0 Å². The van der Waals surface area contributed by atoms with Crippen LogP contribution in [-0.4, -0.2) is 19.3 Å². The van der Waals surface area contributed by atoms with Crippen molar-refractivity contribution in [3.05, 3.63) is 29.6 Å². The molecule has 0 aliphatic carbocycles. The number of rotatable bonds is 2. The maximum absolute atomic E-state index is 13.1. The minimum atomic E-state index is -1.19. The van der Waals surface area contributed by atoms with Crippen LogP contribution in [-0.2, 0) is 4.74 Å². The molecule has 1 heterocycles. The van der Waals surface area contributed by atoms with Crippen molar-refractivity contribution in [2.45, 2.75) is 6.04 Å². The Morgan fingerprint density at radius 2 is 1.93 bits per heavy atom. The summed E-state index contributed by atoms with van der Waals surface area (Å²) in [5, 5.41) is 2.65. The molecule has 76 valence electrons. The van der Waals surface area contributed by atoms with Gasteiger partial charge in [0, 0.05) is 12.1 Å². The molecule has 0 spiro atoms. The van der Waals surface area contributed by atoms with Crippen LogP contribution in [0, 0.1) is 17.5 Å². The van der Waals surface area contributed by atoms with Crippen LogP contribution in [0.1, 0.15) is 0 Å². The fourth-order valence-electron chi connectivity index (χ4n) is 1.20. The van der Waals surface area contributed by atoms with E-state index >= 15 is 0 Å². The quantitative estimate of drug-likeness (QED) is 0.741. The van der Waals surface area contributed by atoms with Gasteiger partial charge in [0.25, 0.3) is 0 Å². The standard InChI is InChI=1S/C9H8F3NO/c10-5-1-7(11)9(12)8(2-5)13-6-3-14-4-6/h1-2,6,13H,3-4H2. The second kappa shape index (κ2) is 3.49. The van der Waals surface area contributed by atoms with Gasteiger partial charge in [-0.05, 0) is 0 Å². The van der Waals surface area contributed by atoms with Crippen molar-refractivity contribution in [1.29, 1.82) is 0 Å². The van der Waals surface area contributed by atoms with Gasteiger partial charge < -0.3 is 10.1 Å². The lowest BCUT2D eigenvalue weighted by Gasteiger charge is -2.27. The first-order valence-electron chi connectivity index (χ1n) is 4.15. The molecule has 0 radical (unpaired) electrons. The van der Waals surface area contributed by atoms with Crippen molar-refractivity contribution >= 4 is 5.69 Å². The third-order valence-electron chi connectivity index (χ3n) is 1.99. The highest BCUT2D eigenvalue weighted by Crippen LogP contribution is 2.21. The van der Waals surface area contributed by atoms with E-state index in [1.807, 2.05) is 0 Å². The SMILES string of the molecule is Fc1cc(F)c(F)c(NC2COC2)c1. The first-order valence-corrected chi connectivity index (χ1v) is 4.15. The molecule has 1 aliphatic rings. The topological polar surface area (TPSA) is 21.3 Å². The molecule has 2 nitrogen and oxygen atoms in total. The van der Waals surface area contributed by atoms with Crippen molar-refractivity contribution in [2.75, 3.05) is 18.5 Å². The zero-order valence-electron chi connectivity index (χ0n) is 7.19. The molecule has 0 saturated carbocycles. The van der Waals surface area contributed by atoms with Crippen LogP contribution >= 0.6 is 0 Å². The summed E-state index contributed by atoms with van der Waals surface area (Å²) in [4.78, 5) is 0. The Hall–Kier alpha value is -1.23. The average molecular weight is 203 g/mol. The Balaban J connectivity index is 2.22. The van der Waals surface area contributed by atoms with Crippen LogP contribution in [0.25, 0.3) is 0 Å². The number of hydrogen-bond donors (Lipinski definition) is 1. The maximum Gasteiger partial charge on any atom is 0.182 e. The molecule has 2 rings (SSSR count). The molecule has 1 saturated heterocycles. The lowest BCUT2D eigenvalue weighted by molar-refractivity contribution is 0.0209. The molecule has 1 aromatic carbocycles. The molecule has 1 fully saturated rings. The Morgan fingerprint density at radius 3 is 2.50 bits per heavy atom. The monoisotopic (exact) mass is 203 g/mol. The van der Waals surface area contributed by atoms with Crippen LogP contribution < -0.4 is 5.32 Å². The van der Waals surface area contributed by atoms with Gasteiger partial charge in [-0.1, -0.05) is 0 Å². The third kappa shape index (κ3) is 1.68. The molecule has 0 atom stereocenters. The van der Waals surface area contributed by atoms with Crippen LogP contribution in [0.15, 0.2) is 12.1 Å². The van der Waals surface area contributed by atoms with Gasteiger partial charge in [0.2, 0.25) is 0 Å². The predicted molar refractivity (Wildman–Crippen MR) is 44.5 cm³/mol. The fraction of sp³-hybridized carbons (Fsp3) is 0.333. The lowest BCUT2D eigenvalue weighted by Crippen LogP contribution is -2.40. The first-order chi connectivity index (χ1) is 6.66. The second-order valence-corrected chi connectivity index (χ2v) is 3.13. The van der Waals surface area contributed by atoms with Crippen LogP contribution in [0.3, 0.4) is 0 Å². The van der Waals surface area contributed by atoms with Crippen molar-refractivity contribution in [3.63, 3.8) is 0 Å². The van der Waals surface area contributed by atoms with Crippen molar-refractivity contribution < 1.29 is 17.9 Å². The van der Waals surface area contributed by atoms with Gasteiger partial charge in [-0.2, -0.15) is 0 Å². The Kier molecular flexibility index (Phi) is 2.33. The highest BCUT2D eigenvalue weighted by atomic mass is 19.2. The molecule has 0 bridgehead atoms. The highest BCUT2D eigenvalue weighted by Gasteiger charge is 2.20. The molecule has 14 heavy (non-hydrogen) atoms. The molecule has 1 N–H and O–H groups in total. The normalized spacial score (nSPS) is 16.5. The molecular formula is C9H8F3NO. The van der Waals surface area contributed by atoms with E-state index in [1.165, 1.54) is 0 Å². The molecule has 1 aliphatic heterocycles. The van der Waals surface area contributed by atoms with E-state index in [-0.39, 0.29) is 11.7 Å². The fourth-order valence-corrected chi connectivity index (χ4v) is 1.20. The summed E-state index contributed by atoms with van der Waals surface area (Å²) >= 11 is 0. The van der Waals surface area contributed by atoms with Crippen molar-refractivity contribution in [3.8, 4) is 0 Å². The smallest absolute Gasteiger partial charge is 0.182 e. The van der Waals surface area contributed by atoms with Crippen molar-refractivity contribution in [2.24, 2.45) is 0 Å². The van der Waals surface area contributed by atoms with Gasteiger partial charge in [0.15, 0.2) is 11.6 Å². The number of halogens is 3. The maximum atomic E-state index is 13.1. The summed E-state index contributed by atoms with van der Waals surface area (Å²) < 4.78 is 43.3. The third-order valence-corrected chi connectivity index (χ3v) is 1.99. The van der Waals surface area contributed by atoms with Crippen LogP contribution in [0.5, 0.6) is 0 Å². The largest absolute Gasteiger partial charge is 0.377 e. The second-order valence-electron chi connectivity index (χ2n) is 3.13. The van der Waals surface area contributed by atoms with Gasteiger partial charge in [-0.3, -0.25) is 0 Å². The van der Waals surface area contributed by atoms with E-state index in [1.54, 1.807) is 0 Å². The molecule has 5 heteroatoms. The lowest BCUT2D eigenvalue weighted by atomic mass is 10.2. The summed E-state index contributed by atoms with van der Waals surface area (Å²) in [5.41, 5.74) is -0.157. The van der Waals surface area contributed by atoms with Gasteiger partial charge in [-0.15, -0.1) is 0 Å². The molecule has 0 amide bonds. The van der Waals surface area contributed by atoms with Gasteiger partial charge in [0.05, 0.1) is 24.9 Å². The van der Waals surface area contributed by atoms with E-state index in [2.05, 4.69) is 5.32 Å². The number of nitrogens with one attached hydrogen (secondary N) is 1. The number of ether oxygens (including phenoxy) is 1. The van der Waals surface area contributed by atoms with E-state index in [9.17, 15) is 13.2 Å². The van der Waals surface area contributed by atoms with Crippen LogP contribution in [0.4, 0.5) is 18.9 Å². The summed E-state index contributed by atoms with van der Waals surface area (Å²) in [5.74, 6) is -3.04. The average Bonchev–Trinajstić information content (AvgIpc) is 2.05. The molecule has 1 aromatic rings. The van der Waals surface area contributed by atoms with Crippen LogP contribution in [0.2, 0.25) is 0 Å². The Bertz CT molecular complexity index is 352. The predicted octanol–water partition coefficient (Wildman–Crippen LogP) is 1.91. The number of hydrogen-bond acceptors (Lipinski definition) is 2. The first kappa shape index (κ1) is 9.33. The summed E-state index contributed by atoms with van der Waals surface area (Å²) in [6.45, 7) is 0.856. The number of anilines is 1. The molecule has 0 aromatic heterocycles. The van der Waals surface area contributed by atoms with E-state index < -0.39 is 17.5 Å². The summed E-state index contributed by atoms with van der Waals surface area (Å²) in [7, 11) is 0. The molecule has 0 unspecified atom stereocenters. The summed E-state index contributed by atoms with van der Waals surface area (Å²) in [6, 6.07) is 1.37. The minimum absolute atomic E-state index is 0.0642. The van der Waals surface area contributed by atoms with Gasteiger partial charge in [-0.25, -0.2) is 13.2 Å². The Labute approximate surface area is 78.7 Å². The van der Waals surface area contributed by atoms with Gasteiger partial charge >= 0.3 is 0 Å².